The van der Waals surface area contributed by atoms with Gasteiger partial charge in [-0.05, 0) is 42.8 Å². The molecule has 0 radical (unpaired) electrons. The molecule has 3 aliphatic rings. The van der Waals surface area contributed by atoms with Gasteiger partial charge in [-0.3, -0.25) is 24.3 Å². The highest BCUT2D eigenvalue weighted by Gasteiger charge is 2.63. The average molecular weight is 453 g/mol. The maximum atomic E-state index is 14.0. The molecule has 0 N–H and O–H groups in total. The first-order chi connectivity index (χ1) is 16.5. The molecule has 7 nitrogen and oxygen atoms in total. The summed E-state index contributed by atoms with van der Waals surface area (Å²) in [6.07, 6.45) is 5.66. The Labute approximate surface area is 196 Å². The van der Waals surface area contributed by atoms with Crippen LogP contribution in [-0.4, -0.2) is 53.2 Å². The minimum absolute atomic E-state index is 0.187. The number of carbonyl (C=O) groups is 3. The number of Topliss-reactive ketones (excluding diaryl/α,β-unsaturated/α-hetero) is 1. The van der Waals surface area contributed by atoms with Gasteiger partial charge in [0.25, 0.3) is 0 Å². The molecule has 7 heteroatoms. The third-order valence-corrected chi connectivity index (χ3v) is 7.29. The van der Waals surface area contributed by atoms with Gasteiger partial charge in [-0.2, -0.15) is 0 Å². The standard InChI is InChI=1S/C27H23N3O4/c1-3-29-26(32)20-19-13-10-16-7-6-15-5-4-14-28-22(15)23(16)30(19)24(21(20)27(29)33)25(31)17-8-11-18(34-2)12-9-17/h4-14,19-21,24H,3H2,1-2H3. The zero-order chi connectivity index (χ0) is 23.6. The molecule has 0 spiro atoms. The van der Waals surface area contributed by atoms with Crippen LogP contribution in [0.2, 0.25) is 0 Å². The fourth-order valence-electron chi connectivity index (χ4n) is 5.78. The first-order valence-electron chi connectivity index (χ1n) is 11.4. The highest BCUT2D eigenvalue weighted by Crippen LogP contribution is 2.50. The summed E-state index contributed by atoms with van der Waals surface area (Å²) in [5.41, 5.74) is 2.96. The minimum Gasteiger partial charge on any atom is -0.497 e. The summed E-state index contributed by atoms with van der Waals surface area (Å²) >= 11 is 0. The number of fused-ring (bicyclic) bond motifs is 7. The fourth-order valence-corrected chi connectivity index (χ4v) is 5.78. The van der Waals surface area contributed by atoms with Crippen LogP contribution in [0.5, 0.6) is 5.75 Å². The summed E-state index contributed by atoms with van der Waals surface area (Å²) in [7, 11) is 1.57. The van der Waals surface area contributed by atoms with Crippen LogP contribution in [0.1, 0.15) is 22.8 Å². The van der Waals surface area contributed by atoms with E-state index in [0.29, 0.717) is 17.9 Å². The summed E-state index contributed by atoms with van der Waals surface area (Å²) in [5.74, 6) is -1.39. The molecule has 3 aliphatic heterocycles. The molecule has 2 saturated heterocycles. The number of methoxy groups -OCH3 is 1. The highest BCUT2D eigenvalue weighted by atomic mass is 16.5. The van der Waals surface area contributed by atoms with Gasteiger partial charge in [0.1, 0.15) is 11.8 Å². The van der Waals surface area contributed by atoms with Crippen molar-refractivity contribution in [2.24, 2.45) is 11.8 Å². The molecule has 0 saturated carbocycles. The van der Waals surface area contributed by atoms with Crippen molar-refractivity contribution < 1.29 is 19.1 Å². The zero-order valence-corrected chi connectivity index (χ0v) is 18.8. The van der Waals surface area contributed by atoms with Gasteiger partial charge >= 0.3 is 0 Å². The predicted molar refractivity (Wildman–Crippen MR) is 128 cm³/mol. The van der Waals surface area contributed by atoms with E-state index in [-0.39, 0.29) is 17.6 Å². The van der Waals surface area contributed by atoms with Gasteiger partial charge in [0, 0.05) is 23.7 Å². The van der Waals surface area contributed by atoms with E-state index in [0.717, 1.165) is 22.2 Å². The number of imide groups is 1. The Bertz CT molecular complexity index is 1380. The molecule has 2 fully saturated rings. The van der Waals surface area contributed by atoms with Gasteiger partial charge in [-0.15, -0.1) is 0 Å². The van der Waals surface area contributed by atoms with Crippen molar-refractivity contribution in [3.8, 4) is 5.75 Å². The van der Waals surface area contributed by atoms with Crippen molar-refractivity contribution in [3.05, 3.63) is 71.9 Å². The smallest absolute Gasteiger partial charge is 0.235 e. The van der Waals surface area contributed by atoms with Crippen LogP contribution in [0, 0.1) is 11.8 Å². The quantitative estimate of drug-likeness (QED) is 0.445. The van der Waals surface area contributed by atoms with Crippen LogP contribution in [0.3, 0.4) is 0 Å². The summed E-state index contributed by atoms with van der Waals surface area (Å²) < 4.78 is 5.24. The Kier molecular flexibility index (Phi) is 4.55. The lowest BCUT2D eigenvalue weighted by Gasteiger charge is -2.37. The van der Waals surface area contributed by atoms with Crippen LogP contribution in [-0.2, 0) is 9.59 Å². The third-order valence-electron chi connectivity index (χ3n) is 7.29. The van der Waals surface area contributed by atoms with Crippen molar-refractivity contribution in [1.29, 1.82) is 0 Å². The number of hydrogen-bond acceptors (Lipinski definition) is 6. The first-order valence-corrected chi connectivity index (χ1v) is 11.4. The molecule has 4 unspecified atom stereocenters. The lowest BCUT2D eigenvalue weighted by Crippen LogP contribution is -2.48. The number of ketones is 1. The highest BCUT2D eigenvalue weighted by molar-refractivity contribution is 6.15. The van der Waals surface area contributed by atoms with E-state index < -0.39 is 23.9 Å². The molecule has 34 heavy (non-hydrogen) atoms. The number of nitrogens with zero attached hydrogens (tertiary/aromatic N) is 3. The first kappa shape index (κ1) is 20.6. The van der Waals surface area contributed by atoms with E-state index in [4.69, 9.17) is 4.74 Å². The Morgan fingerprint density at radius 1 is 1.03 bits per heavy atom. The van der Waals surface area contributed by atoms with Gasteiger partial charge in [0.2, 0.25) is 11.8 Å². The second-order valence-corrected chi connectivity index (χ2v) is 8.85. The van der Waals surface area contributed by atoms with E-state index in [1.807, 2.05) is 41.3 Å². The molecule has 4 heterocycles. The molecule has 2 amide bonds. The topological polar surface area (TPSA) is 79.8 Å². The number of ether oxygens (including phenoxy) is 1. The number of anilines is 1. The SMILES string of the molecule is CCN1C(=O)C2C(C1=O)C(C(=O)c1ccc(OC)cc1)N1c3c(ccc4cccnc34)C=CC21. The molecule has 6 rings (SSSR count). The fraction of sp³-hybridized carbons (Fsp3) is 0.259. The van der Waals surface area contributed by atoms with E-state index >= 15 is 0 Å². The second kappa shape index (κ2) is 7.52. The van der Waals surface area contributed by atoms with Crippen molar-refractivity contribution in [2.45, 2.75) is 19.0 Å². The molecular formula is C27H23N3O4. The third kappa shape index (κ3) is 2.70. The largest absolute Gasteiger partial charge is 0.497 e. The van der Waals surface area contributed by atoms with Gasteiger partial charge < -0.3 is 9.64 Å². The van der Waals surface area contributed by atoms with E-state index in [2.05, 4.69) is 4.98 Å². The monoisotopic (exact) mass is 453 g/mol. The number of aromatic nitrogens is 1. The number of pyridine rings is 1. The summed E-state index contributed by atoms with van der Waals surface area (Å²) in [5, 5.41) is 0.941. The Balaban J connectivity index is 1.56. The number of rotatable bonds is 4. The van der Waals surface area contributed by atoms with E-state index in [1.54, 1.807) is 44.5 Å². The van der Waals surface area contributed by atoms with Gasteiger partial charge in [-0.25, -0.2) is 0 Å². The van der Waals surface area contributed by atoms with Gasteiger partial charge in [0.05, 0.1) is 36.2 Å². The molecule has 1 aromatic heterocycles. The van der Waals surface area contributed by atoms with Crippen molar-refractivity contribution >= 4 is 40.3 Å². The van der Waals surface area contributed by atoms with Crippen LogP contribution in [0.25, 0.3) is 17.0 Å². The number of carbonyl (C=O) groups excluding carboxylic acids is 3. The number of hydrogen-bond donors (Lipinski definition) is 0. The summed E-state index contributed by atoms with van der Waals surface area (Å²) in [6.45, 7) is 2.09. The number of likely N-dealkylation sites (tertiary alicyclic amines) is 1. The van der Waals surface area contributed by atoms with Crippen LogP contribution < -0.4 is 9.64 Å². The summed E-state index contributed by atoms with van der Waals surface area (Å²) in [6, 6.07) is 13.5. The summed E-state index contributed by atoms with van der Waals surface area (Å²) in [4.78, 5) is 48.7. The lowest BCUT2D eigenvalue weighted by atomic mass is 9.86. The molecule has 170 valence electrons. The van der Waals surface area contributed by atoms with Crippen LogP contribution in [0.4, 0.5) is 5.69 Å². The molecule has 3 aromatic rings. The normalized spacial score (nSPS) is 24.9. The maximum absolute atomic E-state index is 14.0. The maximum Gasteiger partial charge on any atom is 0.235 e. The van der Waals surface area contributed by atoms with E-state index in [1.165, 1.54) is 4.90 Å². The molecular weight excluding hydrogens is 430 g/mol. The molecule has 0 aliphatic carbocycles. The Morgan fingerprint density at radius 2 is 1.79 bits per heavy atom. The predicted octanol–water partition coefficient (Wildman–Crippen LogP) is 3.33. The van der Waals surface area contributed by atoms with Gasteiger partial charge in [0.15, 0.2) is 5.78 Å². The Hall–Kier alpha value is -4.00. The van der Waals surface area contributed by atoms with Crippen molar-refractivity contribution in [3.63, 3.8) is 0 Å². The van der Waals surface area contributed by atoms with Crippen molar-refractivity contribution in [1.82, 2.24) is 9.88 Å². The molecule has 0 bridgehead atoms. The average Bonchev–Trinajstić information content (AvgIpc) is 3.35. The number of amides is 2. The lowest BCUT2D eigenvalue weighted by molar-refractivity contribution is -0.140. The van der Waals surface area contributed by atoms with Crippen LogP contribution in [0.15, 0.2) is 60.8 Å². The van der Waals surface area contributed by atoms with Crippen LogP contribution >= 0.6 is 0 Å². The zero-order valence-electron chi connectivity index (χ0n) is 18.8. The Morgan fingerprint density at radius 3 is 2.53 bits per heavy atom. The molecule has 2 aromatic carbocycles. The number of benzene rings is 2. The van der Waals surface area contributed by atoms with Crippen molar-refractivity contribution in [2.75, 3.05) is 18.6 Å². The second-order valence-electron chi connectivity index (χ2n) is 8.85. The molecule has 4 atom stereocenters. The van der Waals surface area contributed by atoms with Gasteiger partial charge in [-0.1, -0.05) is 30.4 Å². The minimum atomic E-state index is -0.812. The van der Waals surface area contributed by atoms with E-state index in [9.17, 15) is 14.4 Å².